The fraction of sp³-hybridized carbons (Fsp3) is 0.400. The summed E-state index contributed by atoms with van der Waals surface area (Å²) in [6.45, 7) is 4.59. The van der Waals surface area contributed by atoms with E-state index in [4.69, 9.17) is 5.11 Å². The molecule has 0 amide bonds. The molecule has 1 aliphatic heterocycles. The maximum absolute atomic E-state index is 9.08. The number of aryl methyl sites for hydroxylation is 1. The molecule has 0 bridgehead atoms. The van der Waals surface area contributed by atoms with Crippen molar-refractivity contribution < 1.29 is 5.11 Å². The van der Waals surface area contributed by atoms with Crippen molar-refractivity contribution in [1.29, 1.82) is 0 Å². The Morgan fingerprint density at radius 1 is 1.47 bits per heavy atom. The summed E-state index contributed by atoms with van der Waals surface area (Å²) in [7, 11) is 0. The van der Waals surface area contributed by atoms with Crippen LogP contribution in [0.1, 0.15) is 28.3 Å². The van der Waals surface area contributed by atoms with E-state index in [-0.39, 0.29) is 6.61 Å². The third-order valence-corrected chi connectivity index (χ3v) is 3.75. The van der Waals surface area contributed by atoms with Crippen LogP contribution in [0.2, 0.25) is 0 Å². The first-order chi connectivity index (χ1) is 9.29. The van der Waals surface area contributed by atoms with Crippen molar-refractivity contribution in [3.8, 4) is 0 Å². The predicted octanol–water partition coefficient (Wildman–Crippen LogP) is 1.42. The Labute approximate surface area is 113 Å². The van der Waals surface area contributed by atoms with E-state index in [1.165, 1.54) is 22.4 Å². The lowest BCUT2D eigenvalue weighted by Crippen LogP contribution is -2.30. The Morgan fingerprint density at radius 2 is 2.37 bits per heavy atom. The molecule has 0 spiro atoms. The summed E-state index contributed by atoms with van der Waals surface area (Å²) in [6.07, 6.45) is 1.96. The van der Waals surface area contributed by atoms with Crippen LogP contribution in [-0.4, -0.2) is 28.0 Å². The van der Waals surface area contributed by atoms with Gasteiger partial charge < -0.3 is 10.4 Å². The smallest absolute Gasteiger partial charge is 0.0644 e. The molecule has 0 aliphatic carbocycles. The van der Waals surface area contributed by atoms with Crippen LogP contribution >= 0.6 is 0 Å². The first-order valence-electron chi connectivity index (χ1n) is 6.72. The SMILES string of the molecule is Cc1cccc(C2CNCc3c2cnn3CCO)c1. The van der Waals surface area contributed by atoms with Crippen LogP contribution in [0.3, 0.4) is 0 Å². The number of hydrogen-bond acceptors (Lipinski definition) is 3. The average molecular weight is 257 g/mol. The first-order valence-corrected chi connectivity index (χ1v) is 6.72. The van der Waals surface area contributed by atoms with Gasteiger partial charge in [0.1, 0.15) is 0 Å². The van der Waals surface area contributed by atoms with Gasteiger partial charge in [-0.05, 0) is 12.5 Å². The first kappa shape index (κ1) is 12.4. The molecule has 3 rings (SSSR count). The van der Waals surface area contributed by atoms with Crippen LogP contribution < -0.4 is 5.32 Å². The monoisotopic (exact) mass is 257 g/mol. The Balaban J connectivity index is 1.99. The summed E-state index contributed by atoms with van der Waals surface area (Å²) >= 11 is 0. The lowest BCUT2D eigenvalue weighted by Gasteiger charge is -2.24. The van der Waals surface area contributed by atoms with Crippen molar-refractivity contribution in [2.45, 2.75) is 25.9 Å². The Morgan fingerprint density at radius 3 is 3.16 bits per heavy atom. The topological polar surface area (TPSA) is 50.1 Å². The summed E-state index contributed by atoms with van der Waals surface area (Å²) in [4.78, 5) is 0. The molecule has 1 atom stereocenters. The lowest BCUT2D eigenvalue weighted by atomic mass is 9.88. The summed E-state index contributed by atoms with van der Waals surface area (Å²) in [6, 6.07) is 8.65. The maximum atomic E-state index is 9.08. The largest absolute Gasteiger partial charge is 0.394 e. The summed E-state index contributed by atoms with van der Waals surface area (Å²) < 4.78 is 1.91. The van der Waals surface area contributed by atoms with E-state index < -0.39 is 0 Å². The van der Waals surface area contributed by atoms with Crippen molar-refractivity contribution in [2.75, 3.05) is 13.2 Å². The van der Waals surface area contributed by atoms with E-state index in [1.54, 1.807) is 0 Å². The predicted molar refractivity (Wildman–Crippen MR) is 74.0 cm³/mol. The molecule has 1 aliphatic rings. The van der Waals surface area contributed by atoms with Gasteiger partial charge in [0.05, 0.1) is 25.0 Å². The highest BCUT2D eigenvalue weighted by molar-refractivity contribution is 5.38. The number of benzene rings is 1. The quantitative estimate of drug-likeness (QED) is 0.874. The Kier molecular flexibility index (Phi) is 3.36. The van der Waals surface area contributed by atoms with E-state index in [9.17, 15) is 0 Å². The second-order valence-corrected chi connectivity index (χ2v) is 5.09. The van der Waals surface area contributed by atoms with Crippen molar-refractivity contribution >= 4 is 0 Å². The normalized spacial score (nSPS) is 18.3. The third kappa shape index (κ3) is 2.29. The second-order valence-electron chi connectivity index (χ2n) is 5.09. The number of nitrogens with zero attached hydrogens (tertiary/aromatic N) is 2. The van der Waals surface area contributed by atoms with Crippen molar-refractivity contribution in [2.24, 2.45) is 0 Å². The van der Waals surface area contributed by atoms with Crippen LogP contribution in [0.15, 0.2) is 30.5 Å². The molecule has 2 aromatic rings. The number of aliphatic hydroxyl groups excluding tert-OH is 1. The molecule has 1 aromatic carbocycles. The third-order valence-electron chi connectivity index (χ3n) is 3.75. The molecule has 0 fully saturated rings. The zero-order valence-corrected chi connectivity index (χ0v) is 11.1. The van der Waals surface area contributed by atoms with Gasteiger partial charge in [0.25, 0.3) is 0 Å². The molecular weight excluding hydrogens is 238 g/mol. The lowest BCUT2D eigenvalue weighted by molar-refractivity contribution is 0.266. The zero-order valence-electron chi connectivity index (χ0n) is 11.1. The maximum Gasteiger partial charge on any atom is 0.0644 e. The molecule has 0 saturated heterocycles. The molecule has 2 heterocycles. The Hall–Kier alpha value is -1.65. The fourth-order valence-electron chi connectivity index (χ4n) is 2.83. The molecule has 1 unspecified atom stereocenters. The molecular formula is C15H19N3O. The van der Waals surface area contributed by atoms with Crippen LogP contribution in [0.4, 0.5) is 0 Å². The Bertz CT molecular complexity index is 577. The van der Waals surface area contributed by atoms with Gasteiger partial charge in [0.15, 0.2) is 0 Å². The number of aliphatic hydroxyl groups is 1. The molecule has 0 radical (unpaired) electrons. The van der Waals surface area contributed by atoms with Crippen LogP contribution in [0.25, 0.3) is 0 Å². The van der Waals surface area contributed by atoms with Gasteiger partial charge in [0, 0.05) is 24.6 Å². The van der Waals surface area contributed by atoms with E-state index in [0.29, 0.717) is 12.5 Å². The fourth-order valence-corrected chi connectivity index (χ4v) is 2.83. The molecule has 19 heavy (non-hydrogen) atoms. The number of nitrogens with one attached hydrogen (secondary N) is 1. The van der Waals surface area contributed by atoms with Gasteiger partial charge in [-0.1, -0.05) is 29.8 Å². The summed E-state index contributed by atoms with van der Waals surface area (Å²) in [5.74, 6) is 0.357. The average Bonchev–Trinajstić information content (AvgIpc) is 2.83. The van der Waals surface area contributed by atoms with Crippen LogP contribution in [0.5, 0.6) is 0 Å². The molecule has 2 N–H and O–H groups in total. The zero-order chi connectivity index (χ0) is 13.2. The van der Waals surface area contributed by atoms with Gasteiger partial charge in [-0.25, -0.2) is 0 Å². The minimum atomic E-state index is 0.128. The highest BCUT2D eigenvalue weighted by Crippen LogP contribution is 2.30. The molecule has 0 saturated carbocycles. The summed E-state index contributed by atoms with van der Waals surface area (Å²) in [5.41, 5.74) is 5.11. The number of hydrogen-bond donors (Lipinski definition) is 2. The molecule has 4 nitrogen and oxygen atoms in total. The van der Waals surface area contributed by atoms with Crippen molar-refractivity contribution in [1.82, 2.24) is 15.1 Å². The van der Waals surface area contributed by atoms with Gasteiger partial charge >= 0.3 is 0 Å². The van der Waals surface area contributed by atoms with E-state index in [0.717, 1.165) is 13.1 Å². The number of fused-ring (bicyclic) bond motifs is 1. The standard InChI is InChI=1S/C15H19N3O/c1-11-3-2-4-12(7-11)13-8-16-10-15-14(13)9-17-18(15)5-6-19/h2-4,7,9,13,16,19H,5-6,8,10H2,1H3. The molecule has 4 heteroatoms. The minimum Gasteiger partial charge on any atom is -0.394 e. The van der Waals surface area contributed by atoms with E-state index in [1.807, 2.05) is 10.9 Å². The van der Waals surface area contributed by atoms with Gasteiger partial charge in [-0.15, -0.1) is 0 Å². The van der Waals surface area contributed by atoms with Crippen LogP contribution in [-0.2, 0) is 13.1 Å². The second kappa shape index (κ2) is 5.15. The van der Waals surface area contributed by atoms with Crippen molar-refractivity contribution in [3.05, 3.63) is 52.8 Å². The van der Waals surface area contributed by atoms with Crippen molar-refractivity contribution in [3.63, 3.8) is 0 Å². The molecule has 1 aromatic heterocycles. The van der Waals surface area contributed by atoms with Gasteiger partial charge in [0.2, 0.25) is 0 Å². The highest BCUT2D eigenvalue weighted by atomic mass is 16.3. The van der Waals surface area contributed by atoms with Gasteiger partial charge in [-0.3, -0.25) is 4.68 Å². The van der Waals surface area contributed by atoms with E-state index in [2.05, 4.69) is 41.6 Å². The number of aromatic nitrogens is 2. The van der Waals surface area contributed by atoms with Gasteiger partial charge in [-0.2, -0.15) is 5.10 Å². The highest BCUT2D eigenvalue weighted by Gasteiger charge is 2.25. The van der Waals surface area contributed by atoms with E-state index >= 15 is 0 Å². The van der Waals surface area contributed by atoms with Crippen LogP contribution in [0, 0.1) is 6.92 Å². The minimum absolute atomic E-state index is 0.128. The molecule has 100 valence electrons. The number of rotatable bonds is 3. The summed E-state index contributed by atoms with van der Waals surface area (Å²) in [5, 5.41) is 16.9.